The van der Waals surface area contributed by atoms with Crippen molar-refractivity contribution in [3.05, 3.63) is 16.7 Å². The van der Waals surface area contributed by atoms with Gasteiger partial charge in [0.1, 0.15) is 40.0 Å². The Morgan fingerprint density at radius 2 is 1.75 bits per heavy atom. The molecule has 12 nitrogen and oxygen atoms in total. The fourth-order valence-electron chi connectivity index (χ4n) is 4.93. The van der Waals surface area contributed by atoms with Gasteiger partial charge in [-0.3, -0.25) is 24.5 Å². The van der Waals surface area contributed by atoms with Gasteiger partial charge in [0.2, 0.25) is 11.9 Å². The molecule has 0 saturated carbocycles. The van der Waals surface area contributed by atoms with Gasteiger partial charge in [-0.25, -0.2) is 4.98 Å². The highest BCUT2D eigenvalue weighted by molar-refractivity contribution is 7.94. The Balaban J connectivity index is 2.01. The van der Waals surface area contributed by atoms with Crippen molar-refractivity contribution in [3.63, 3.8) is 0 Å². The highest BCUT2D eigenvalue weighted by atomic mass is 32.2. The van der Waals surface area contributed by atoms with E-state index in [0.717, 1.165) is 0 Å². The highest BCUT2D eigenvalue weighted by Crippen LogP contribution is 2.43. The molecule has 0 unspecified atom stereocenters. The molecule has 2 aromatic rings. The Morgan fingerprint density at radius 1 is 1.15 bits per heavy atom. The lowest BCUT2D eigenvalue weighted by molar-refractivity contribution is -0.118. The third kappa shape index (κ3) is 6.47. The van der Waals surface area contributed by atoms with E-state index in [1.54, 1.807) is 13.8 Å². The average Bonchev–Trinajstić information content (AvgIpc) is 3.41. The summed E-state index contributed by atoms with van der Waals surface area (Å²) in [5, 5.41) is 25.0. The minimum atomic E-state index is -3.00. The third-order valence-corrected chi connectivity index (χ3v) is 14.6. The number of imidazole rings is 1. The van der Waals surface area contributed by atoms with Gasteiger partial charge in [0.15, 0.2) is 17.4 Å². The molecule has 1 saturated heterocycles. The van der Waals surface area contributed by atoms with Gasteiger partial charge in [-0.15, -0.1) is 0 Å². The number of aromatic nitrogens is 4. The maximum absolute atomic E-state index is 12.7. The van der Waals surface area contributed by atoms with E-state index < -0.39 is 45.3 Å². The minimum absolute atomic E-state index is 0.0255. The molecule has 1 aliphatic rings. The van der Waals surface area contributed by atoms with Crippen molar-refractivity contribution in [1.82, 2.24) is 19.5 Å². The van der Waals surface area contributed by atoms with Gasteiger partial charge in [0.05, 0.1) is 12.9 Å². The van der Waals surface area contributed by atoms with Crippen LogP contribution >= 0.6 is 0 Å². The summed E-state index contributed by atoms with van der Waals surface area (Å²) in [4.78, 5) is 36.0. The van der Waals surface area contributed by atoms with Crippen LogP contribution in [0.5, 0.6) is 0 Å². The van der Waals surface area contributed by atoms with Gasteiger partial charge in [-0.05, 0) is 27.7 Å². The fraction of sp³-hybridized carbons (Fsp3) is 0.769. The summed E-state index contributed by atoms with van der Waals surface area (Å²) in [6, 6.07) is 0. The summed E-state index contributed by atoms with van der Waals surface area (Å²) in [6.07, 6.45) is -2.66. The first-order valence-corrected chi connectivity index (χ1v) is 17.2. The van der Waals surface area contributed by atoms with Crippen molar-refractivity contribution in [1.29, 1.82) is 0 Å². The molecule has 14 heteroatoms. The molecule has 40 heavy (non-hydrogen) atoms. The molecule has 1 aliphatic heterocycles. The van der Waals surface area contributed by atoms with Crippen molar-refractivity contribution in [3.8, 4) is 0 Å². The maximum atomic E-state index is 12.7. The molecule has 226 valence electrons. The third-order valence-electron chi connectivity index (χ3n) is 7.05. The summed E-state index contributed by atoms with van der Waals surface area (Å²) in [6.45, 7) is 19.9. The van der Waals surface area contributed by atoms with Gasteiger partial charge >= 0.3 is 8.56 Å². The lowest BCUT2D eigenvalue weighted by Crippen LogP contribution is -2.56. The zero-order valence-corrected chi connectivity index (χ0v) is 27.0. The van der Waals surface area contributed by atoms with E-state index in [1.165, 1.54) is 10.9 Å². The van der Waals surface area contributed by atoms with Crippen LogP contribution in [0.2, 0.25) is 11.1 Å². The van der Waals surface area contributed by atoms with Crippen LogP contribution in [0.1, 0.15) is 75.5 Å². The van der Waals surface area contributed by atoms with E-state index in [-0.39, 0.29) is 61.7 Å². The van der Waals surface area contributed by atoms with Crippen molar-refractivity contribution < 1.29 is 28.0 Å². The van der Waals surface area contributed by atoms with E-state index in [1.807, 2.05) is 0 Å². The quantitative estimate of drug-likeness (QED) is 0.212. The smallest absolute Gasteiger partial charge is 0.394 e. The number of amides is 1. The van der Waals surface area contributed by atoms with Crippen LogP contribution < -0.4 is 10.9 Å². The fourth-order valence-corrected chi connectivity index (χ4v) is 13.0. The van der Waals surface area contributed by atoms with Gasteiger partial charge in [-0.1, -0.05) is 41.5 Å². The first-order chi connectivity index (χ1) is 18.6. The van der Waals surface area contributed by atoms with Gasteiger partial charge < -0.3 is 19.4 Å². The van der Waals surface area contributed by atoms with E-state index in [9.17, 15) is 19.8 Å². The summed E-state index contributed by atoms with van der Waals surface area (Å²) in [5.41, 5.74) is -0.301. The molecule has 3 rings (SSSR count). The largest absolute Gasteiger partial charge is 0.410 e. The lowest BCUT2D eigenvalue weighted by Gasteiger charge is -2.39. The second-order valence-electron chi connectivity index (χ2n) is 11.7. The van der Waals surface area contributed by atoms with E-state index in [4.69, 9.17) is 13.0 Å². The summed E-state index contributed by atoms with van der Waals surface area (Å²) < 4.78 is 21.4. The predicted molar refractivity (Wildman–Crippen MR) is 158 cm³/mol. The number of hydrogen-bond donors (Lipinski definition) is 4. The number of nitrogens with one attached hydrogen (secondary N) is 2. The molecule has 0 bridgehead atoms. The average molecular weight is 601 g/mol. The number of carbonyl (C=O) groups excluding carboxylic acids is 1. The van der Waals surface area contributed by atoms with Crippen LogP contribution in [0.15, 0.2) is 11.1 Å². The van der Waals surface area contributed by atoms with Crippen molar-refractivity contribution >= 4 is 42.8 Å². The van der Waals surface area contributed by atoms with Crippen molar-refractivity contribution in [2.24, 2.45) is 5.92 Å². The molecule has 4 atom stereocenters. The zero-order chi connectivity index (χ0) is 30.1. The Bertz CT molecular complexity index is 1200. The molecule has 2 aromatic heterocycles. The van der Waals surface area contributed by atoms with Gasteiger partial charge in [0.25, 0.3) is 5.56 Å². The molecule has 4 N–H and O–H groups in total. The number of aromatic amines is 1. The van der Waals surface area contributed by atoms with Crippen molar-refractivity contribution in [2.45, 2.75) is 115 Å². The van der Waals surface area contributed by atoms with Crippen LogP contribution in [0.3, 0.4) is 0 Å². The molecule has 0 aliphatic carbocycles. The molecule has 1 amide bonds. The number of hydrogen-bond acceptors (Lipinski definition) is 9. The zero-order valence-electron chi connectivity index (χ0n) is 25.2. The number of anilines is 1. The second-order valence-corrected chi connectivity index (χ2v) is 18.9. The molecule has 3 heterocycles. The lowest BCUT2D eigenvalue weighted by atomic mass is 10.1. The first kappa shape index (κ1) is 32.7. The Labute approximate surface area is 240 Å². The number of aliphatic hydroxyl groups excluding tert-OH is 2. The minimum Gasteiger partial charge on any atom is -0.394 e. The molecule has 0 aromatic carbocycles. The topological polar surface area (TPSA) is 161 Å². The molecule has 1 fully saturated rings. The monoisotopic (exact) mass is 600 g/mol. The van der Waals surface area contributed by atoms with Crippen LogP contribution in [0.25, 0.3) is 11.2 Å². The van der Waals surface area contributed by atoms with Crippen molar-refractivity contribution in [2.75, 3.05) is 11.9 Å². The van der Waals surface area contributed by atoms with E-state index in [0.29, 0.717) is 0 Å². The second kappa shape index (κ2) is 13.0. The SMILES string of the molecule is CC(C)C(=O)Nc1nc2c(ncn2[C@@H]2O[C@H](CO)[C@@H](O[Si](O[S+](C(C)C)C(C)C)(C(C)C)C(C)C)[C@H]2O)c(=O)[nH]1. The van der Waals surface area contributed by atoms with E-state index >= 15 is 0 Å². The number of rotatable bonds is 12. The van der Waals surface area contributed by atoms with Gasteiger partial charge in [-0.2, -0.15) is 8.86 Å². The Morgan fingerprint density at radius 3 is 2.25 bits per heavy atom. The number of aliphatic hydroxyl groups is 2. The van der Waals surface area contributed by atoms with E-state index in [2.05, 4.69) is 75.7 Å². The van der Waals surface area contributed by atoms with Gasteiger partial charge in [0, 0.05) is 17.0 Å². The normalized spacial score (nSPS) is 22.2. The predicted octanol–water partition coefficient (Wildman–Crippen LogP) is 2.98. The molecular weight excluding hydrogens is 554 g/mol. The van der Waals surface area contributed by atoms with Crippen LogP contribution in [-0.2, 0) is 29.0 Å². The number of ether oxygens (including phenoxy) is 1. The molecular formula is C26H46N5O7SSi+. The summed E-state index contributed by atoms with van der Waals surface area (Å²) in [5.74, 6) is -0.676. The first-order valence-electron chi connectivity index (χ1n) is 14.0. The maximum Gasteiger partial charge on any atom is 0.410 e. The van der Waals surface area contributed by atoms with Crippen LogP contribution in [0.4, 0.5) is 5.95 Å². The van der Waals surface area contributed by atoms with Crippen LogP contribution in [-0.4, -0.2) is 79.6 Å². The number of carbonyl (C=O) groups is 1. The van der Waals surface area contributed by atoms with Crippen LogP contribution in [0, 0.1) is 5.92 Å². The Hall–Kier alpha value is -1.81. The summed E-state index contributed by atoms with van der Waals surface area (Å²) in [7, 11) is -3.00. The molecule has 0 radical (unpaired) electrons. The standard InChI is InChI=1S/C26H45N5O7SSi/c1-13(2)23(34)29-26-28-22-19(24(35)30-26)27-12-31(22)25-20(33)21(18(11-32)36-25)37-40(16(7)8,17(9)10)38-39(14(3)4)15(5)6/h12-18,20-21,25,32-33H,11H2,1-10H3,(H-,28,29,30,34,35)/p+1/t18-,20-,21-,25-/m1/s1. The number of H-pyrrole nitrogens is 1. The number of nitrogens with zero attached hydrogens (tertiary/aromatic N) is 3. The number of fused-ring (bicyclic) bond motifs is 1. The summed E-state index contributed by atoms with van der Waals surface area (Å²) >= 11 is -0.380. The highest BCUT2D eigenvalue weighted by Gasteiger charge is 2.58. The molecule has 0 spiro atoms. The Kier molecular flexibility index (Phi) is 10.6.